The molecule has 3 aromatic rings. The summed E-state index contributed by atoms with van der Waals surface area (Å²) >= 11 is 0. The molecular formula is C13H9N5O. The van der Waals surface area contributed by atoms with Crippen LogP contribution in [0.2, 0.25) is 0 Å². The third-order valence-corrected chi connectivity index (χ3v) is 2.77. The third-order valence-electron chi connectivity index (χ3n) is 2.77. The highest BCUT2D eigenvalue weighted by molar-refractivity contribution is 5.82. The normalized spacial score (nSPS) is 10.3. The SMILES string of the molecule is [N-]=[N+]=Nc1ccc2nc(-c3ccc(O)cc3)[nH]c2c1. The van der Waals surface area contributed by atoms with Crippen molar-refractivity contribution in [3.05, 3.63) is 52.9 Å². The number of azide groups is 1. The minimum absolute atomic E-state index is 0.213. The molecule has 1 heterocycles. The van der Waals surface area contributed by atoms with Crippen LogP contribution in [0.5, 0.6) is 5.75 Å². The Bertz CT molecular complexity index is 784. The highest BCUT2D eigenvalue weighted by Gasteiger charge is 2.05. The number of benzene rings is 2. The van der Waals surface area contributed by atoms with Gasteiger partial charge in [-0.25, -0.2) is 4.98 Å². The lowest BCUT2D eigenvalue weighted by molar-refractivity contribution is 0.475. The van der Waals surface area contributed by atoms with Gasteiger partial charge in [0.05, 0.1) is 11.0 Å². The smallest absolute Gasteiger partial charge is 0.138 e. The number of aromatic amines is 1. The summed E-state index contributed by atoms with van der Waals surface area (Å²) in [6.45, 7) is 0. The fraction of sp³-hybridized carbons (Fsp3) is 0. The predicted octanol–water partition coefficient (Wildman–Crippen LogP) is 3.88. The van der Waals surface area contributed by atoms with Gasteiger partial charge in [0.25, 0.3) is 0 Å². The van der Waals surface area contributed by atoms with Crippen molar-refractivity contribution in [3.8, 4) is 17.1 Å². The van der Waals surface area contributed by atoms with Gasteiger partial charge >= 0.3 is 0 Å². The lowest BCUT2D eigenvalue weighted by Crippen LogP contribution is -1.78. The molecular weight excluding hydrogens is 242 g/mol. The van der Waals surface area contributed by atoms with Crippen molar-refractivity contribution in [2.45, 2.75) is 0 Å². The predicted molar refractivity (Wildman–Crippen MR) is 72.0 cm³/mol. The maximum atomic E-state index is 9.26. The molecule has 0 aliphatic rings. The minimum Gasteiger partial charge on any atom is -0.508 e. The Balaban J connectivity index is 2.10. The van der Waals surface area contributed by atoms with Crippen LogP contribution in [0.25, 0.3) is 32.9 Å². The molecule has 0 atom stereocenters. The standard InChI is InChI=1S/C13H9N5O/c14-18-17-9-3-6-11-12(7-9)16-13(15-11)8-1-4-10(19)5-2-8/h1-7,19H,(H,15,16). The topological polar surface area (TPSA) is 97.7 Å². The summed E-state index contributed by atoms with van der Waals surface area (Å²) in [5.74, 6) is 0.915. The van der Waals surface area contributed by atoms with Gasteiger partial charge < -0.3 is 10.1 Å². The number of phenols is 1. The quantitative estimate of drug-likeness (QED) is 0.410. The van der Waals surface area contributed by atoms with Gasteiger partial charge in [0, 0.05) is 16.2 Å². The van der Waals surface area contributed by atoms with Crippen molar-refractivity contribution in [2.24, 2.45) is 5.11 Å². The Hall–Kier alpha value is -2.98. The number of imidazole rings is 1. The molecule has 0 unspecified atom stereocenters. The van der Waals surface area contributed by atoms with Crippen molar-refractivity contribution in [2.75, 3.05) is 0 Å². The molecule has 92 valence electrons. The summed E-state index contributed by atoms with van der Waals surface area (Å²) < 4.78 is 0. The number of fused-ring (bicyclic) bond motifs is 1. The van der Waals surface area contributed by atoms with E-state index in [0.29, 0.717) is 11.5 Å². The van der Waals surface area contributed by atoms with Crippen LogP contribution in [0.1, 0.15) is 0 Å². The van der Waals surface area contributed by atoms with E-state index < -0.39 is 0 Å². The lowest BCUT2D eigenvalue weighted by atomic mass is 10.2. The van der Waals surface area contributed by atoms with Crippen LogP contribution in [0, 0.1) is 0 Å². The summed E-state index contributed by atoms with van der Waals surface area (Å²) in [6.07, 6.45) is 0. The average molecular weight is 251 g/mol. The van der Waals surface area contributed by atoms with Gasteiger partial charge in [-0.15, -0.1) is 0 Å². The Labute approximate surface area is 108 Å². The van der Waals surface area contributed by atoms with E-state index in [2.05, 4.69) is 20.0 Å². The first-order valence-electron chi connectivity index (χ1n) is 5.60. The maximum absolute atomic E-state index is 9.26. The van der Waals surface area contributed by atoms with Crippen molar-refractivity contribution in [1.29, 1.82) is 0 Å². The highest BCUT2D eigenvalue weighted by Crippen LogP contribution is 2.25. The second-order valence-corrected chi connectivity index (χ2v) is 4.02. The van der Waals surface area contributed by atoms with E-state index in [0.717, 1.165) is 16.6 Å². The Morgan fingerprint density at radius 3 is 2.68 bits per heavy atom. The second-order valence-electron chi connectivity index (χ2n) is 4.02. The highest BCUT2D eigenvalue weighted by atomic mass is 16.3. The minimum atomic E-state index is 0.213. The zero-order valence-corrected chi connectivity index (χ0v) is 9.78. The number of phenolic OH excluding ortho intramolecular Hbond substituents is 1. The zero-order valence-electron chi connectivity index (χ0n) is 9.78. The fourth-order valence-electron chi connectivity index (χ4n) is 1.87. The first kappa shape index (κ1) is 11.1. The van der Waals surface area contributed by atoms with Crippen LogP contribution >= 0.6 is 0 Å². The summed E-state index contributed by atoms with van der Waals surface area (Å²) in [4.78, 5) is 10.3. The van der Waals surface area contributed by atoms with Crippen molar-refractivity contribution in [3.63, 3.8) is 0 Å². The van der Waals surface area contributed by atoms with E-state index in [-0.39, 0.29) is 5.75 Å². The van der Waals surface area contributed by atoms with E-state index >= 15 is 0 Å². The lowest BCUT2D eigenvalue weighted by Gasteiger charge is -1.95. The molecule has 0 spiro atoms. The molecule has 0 saturated heterocycles. The molecule has 0 radical (unpaired) electrons. The van der Waals surface area contributed by atoms with Gasteiger partial charge in [-0.05, 0) is 41.9 Å². The molecule has 0 aliphatic heterocycles. The summed E-state index contributed by atoms with van der Waals surface area (Å²) in [5.41, 5.74) is 11.4. The van der Waals surface area contributed by atoms with E-state index in [1.807, 2.05) is 0 Å². The number of hydrogen-bond donors (Lipinski definition) is 2. The monoisotopic (exact) mass is 251 g/mol. The molecule has 2 aromatic carbocycles. The zero-order chi connectivity index (χ0) is 13.2. The van der Waals surface area contributed by atoms with Gasteiger partial charge in [-0.3, -0.25) is 0 Å². The molecule has 3 rings (SSSR count). The van der Waals surface area contributed by atoms with E-state index in [1.165, 1.54) is 0 Å². The summed E-state index contributed by atoms with van der Waals surface area (Å²) in [7, 11) is 0. The van der Waals surface area contributed by atoms with E-state index in [1.54, 1.807) is 42.5 Å². The second kappa shape index (κ2) is 4.36. The van der Waals surface area contributed by atoms with E-state index in [4.69, 9.17) is 5.53 Å². The van der Waals surface area contributed by atoms with Gasteiger partial charge in [-0.2, -0.15) is 0 Å². The molecule has 0 saturated carbocycles. The number of nitrogens with one attached hydrogen (secondary N) is 1. The third kappa shape index (κ3) is 2.08. The van der Waals surface area contributed by atoms with Crippen LogP contribution in [0.15, 0.2) is 47.6 Å². The molecule has 6 nitrogen and oxygen atoms in total. The Kier molecular flexibility index (Phi) is 2.55. The molecule has 0 fully saturated rings. The summed E-state index contributed by atoms with van der Waals surface area (Å²) in [6, 6.07) is 12.0. The largest absolute Gasteiger partial charge is 0.508 e. The number of aromatic nitrogens is 2. The Morgan fingerprint density at radius 2 is 1.95 bits per heavy atom. The molecule has 1 aromatic heterocycles. The molecule has 19 heavy (non-hydrogen) atoms. The Morgan fingerprint density at radius 1 is 1.16 bits per heavy atom. The van der Waals surface area contributed by atoms with Crippen LogP contribution in [0.4, 0.5) is 5.69 Å². The van der Waals surface area contributed by atoms with Crippen molar-refractivity contribution >= 4 is 16.7 Å². The molecule has 0 amide bonds. The van der Waals surface area contributed by atoms with Crippen LogP contribution in [-0.2, 0) is 0 Å². The maximum Gasteiger partial charge on any atom is 0.138 e. The molecule has 6 heteroatoms. The summed E-state index contributed by atoms with van der Waals surface area (Å²) in [5, 5.41) is 12.8. The van der Waals surface area contributed by atoms with Crippen LogP contribution < -0.4 is 0 Å². The number of aromatic hydroxyl groups is 1. The van der Waals surface area contributed by atoms with Gasteiger partial charge in [0.2, 0.25) is 0 Å². The molecule has 0 aliphatic carbocycles. The number of hydrogen-bond acceptors (Lipinski definition) is 3. The molecule has 2 N–H and O–H groups in total. The van der Waals surface area contributed by atoms with Crippen molar-refractivity contribution < 1.29 is 5.11 Å². The first-order valence-corrected chi connectivity index (χ1v) is 5.60. The fourth-order valence-corrected chi connectivity index (χ4v) is 1.87. The number of H-pyrrole nitrogens is 1. The van der Waals surface area contributed by atoms with Crippen LogP contribution in [0.3, 0.4) is 0 Å². The number of rotatable bonds is 2. The average Bonchev–Trinajstić information content (AvgIpc) is 2.83. The first-order chi connectivity index (χ1) is 9.26. The van der Waals surface area contributed by atoms with Gasteiger partial charge in [0.1, 0.15) is 11.6 Å². The van der Waals surface area contributed by atoms with E-state index in [9.17, 15) is 5.11 Å². The van der Waals surface area contributed by atoms with Gasteiger partial charge in [0.15, 0.2) is 0 Å². The number of nitrogens with zero attached hydrogens (tertiary/aromatic N) is 4. The van der Waals surface area contributed by atoms with Crippen LogP contribution in [-0.4, -0.2) is 15.1 Å². The van der Waals surface area contributed by atoms with Crippen molar-refractivity contribution in [1.82, 2.24) is 9.97 Å². The van der Waals surface area contributed by atoms with Gasteiger partial charge in [-0.1, -0.05) is 11.2 Å². The molecule has 0 bridgehead atoms.